The van der Waals surface area contributed by atoms with Crippen molar-refractivity contribution in [2.45, 2.75) is 0 Å². The molecule has 0 aromatic carbocycles. The van der Waals surface area contributed by atoms with Crippen LogP contribution in [0.1, 0.15) is 0 Å². The van der Waals surface area contributed by atoms with Crippen molar-refractivity contribution in [3.8, 4) is 0 Å². The van der Waals surface area contributed by atoms with Crippen molar-refractivity contribution in [2.24, 2.45) is 9.98 Å². The Hall–Kier alpha value is -0.831. The molecule has 0 aromatic rings. The number of rotatable bonds is 8. The van der Waals surface area contributed by atoms with Crippen LogP contribution < -0.4 is 10.2 Å². The molecule has 0 saturated carbocycles. The maximum absolute atomic E-state index is 11.0. The molecule has 0 aliphatic heterocycles. The first kappa shape index (κ1) is 19.5. The predicted molar refractivity (Wildman–Crippen MR) is 58.3 cm³/mol. The summed E-state index contributed by atoms with van der Waals surface area (Å²) in [5.41, 5.74) is 0. The number of nitrogens with zero attached hydrogens (tertiary/aromatic N) is 3. The van der Waals surface area contributed by atoms with Gasteiger partial charge in [0, 0.05) is 0 Å². The van der Waals surface area contributed by atoms with Crippen LogP contribution in [0.25, 0.3) is 5.32 Å². The van der Waals surface area contributed by atoms with E-state index in [9.17, 15) is 15.0 Å². The number of aliphatic imine (C=N–C) groups is 2. The van der Waals surface area contributed by atoms with E-state index in [1.165, 1.54) is 0 Å². The fourth-order valence-corrected chi connectivity index (χ4v) is 0.780. The second-order valence-electron chi connectivity index (χ2n) is 2.62. The van der Waals surface area contributed by atoms with Crippen molar-refractivity contribution in [3.05, 3.63) is 5.32 Å². The third-order valence-corrected chi connectivity index (χ3v) is 1.46. The summed E-state index contributed by atoms with van der Waals surface area (Å²) in [6, 6.07) is 0. The summed E-state index contributed by atoms with van der Waals surface area (Å²) < 4.78 is 8.22. The standard InChI is InChI=1S/C8H14N3O4S.O.Tc/c12-6(3-9-1-2-16)10-4-7(13)11-5-8(14)15;;/h16H,1-5H2,(H,10,12)(H,11,13)(H,14,15);;/q-1;;+4/p-3/i;;1+1. The number of carboxylic acid groups (broad SMARTS) is 1. The topological polar surface area (TPSA) is 139 Å². The molecule has 18 heavy (non-hydrogen) atoms. The Balaban J connectivity index is 0. The summed E-state index contributed by atoms with van der Waals surface area (Å²) >= 11 is 5.51. The minimum atomic E-state index is -1.21. The van der Waals surface area contributed by atoms with Gasteiger partial charge < -0.3 is 38.3 Å². The average Bonchev–Trinajstić information content (AvgIpc) is 2.36. The molecule has 0 saturated heterocycles. The zero-order valence-corrected chi connectivity index (χ0v) is 11.9. The zero-order chi connectivity index (χ0) is 14.4. The molecule has 8 nitrogen and oxygen atoms in total. The molecule has 10 heteroatoms. The van der Waals surface area contributed by atoms with Crippen LogP contribution in [0, 0.1) is 0 Å². The Morgan fingerprint density at radius 2 is 1.78 bits per heavy atom. The molecule has 1 N–H and O–H groups in total. The van der Waals surface area contributed by atoms with Gasteiger partial charge in [0.1, 0.15) is 6.54 Å². The first-order chi connectivity index (χ1) is 8.56. The normalized spacial score (nSPS) is 11.7. The van der Waals surface area contributed by atoms with E-state index in [0.29, 0.717) is 12.3 Å². The van der Waals surface area contributed by atoms with E-state index in [1.54, 1.807) is 0 Å². The SMILES string of the molecule is O=C(O)CN=C([O-])CN=C([O-])C[N-]CC[S-].[O]=[99Tc+4]. The number of aliphatic carboxylic acids is 1. The molecular formula is C8H11N3O5STc. The van der Waals surface area contributed by atoms with Gasteiger partial charge in [0.25, 0.3) is 0 Å². The van der Waals surface area contributed by atoms with E-state index >= 15 is 0 Å². The molecular weight excluding hydrogens is 349 g/mol. The van der Waals surface area contributed by atoms with E-state index in [-0.39, 0.29) is 6.54 Å². The molecule has 0 spiro atoms. The van der Waals surface area contributed by atoms with Crippen LogP contribution in [-0.4, -0.2) is 54.8 Å². The Morgan fingerprint density at radius 3 is 2.28 bits per heavy atom. The third-order valence-electron chi connectivity index (χ3n) is 1.28. The fourth-order valence-electron chi connectivity index (χ4n) is 0.651. The molecule has 0 aromatic heterocycles. The summed E-state index contributed by atoms with van der Waals surface area (Å²) in [6.07, 6.45) is 0. The molecule has 0 amide bonds. The van der Waals surface area contributed by atoms with Gasteiger partial charge in [0.05, 0.1) is 6.54 Å². The van der Waals surface area contributed by atoms with Crippen molar-refractivity contribution in [2.75, 3.05) is 31.9 Å². The van der Waals surface area contributed by atoms with Gasteiger partial charge >= 0.3 is 28.3 Å². The minimum absolute atomic E-state index is 0.108. The molecule has 0 aliphatic rings. The molecule has 0 heterocycles. The summed E-state index contributed by atoms with van der Waals surface area (Å²) in [6.45, 7) is -0.755. The summed E-state index contributed by atoms with van der Waals surface area (Å²) in [5.74, 6) is -2.05. The first-order valence-corrected chi connectivity index (χ1v) is 5.89. The summed E-state index contributed by atoms with van der Waals surface area (Å²) in [4.78, 5) is 16.6. The van der Waals surface area contributed by atoms with E-state index in [4.69, 9.17) is 8.61 Å². The van der Waals surface area contributed by atoms with Gasteiger partial charge in [-0.1, -0.05) is 5.90 Å². The van der Waals surface area contributed by atoms with Crippen LogP contribution in [0.2, 0.25) is 0 Å². The molecule has 0 bridgehead atoms. The third kappa shape index (κ3) is 15.2. The van der Waals surface area contributed by atoms with E-state index < -0.39 is 30.9 Å². The van der Waals surface area contributed by atoms with Crippen molar-refractivity contribution in [1.82, 2.24) is 0 Å². The van der Waals surface area contributed by atoms with E-state index in [0.717, 1.165) is 18.9 Å². The molecule has 0 unspecified atom stereocenters. The number of hydrogen-bond acceptors (Lipinski definition) is 7. The second kappa shape index (κ2) is 14.2. The monoisotopic (exact) mass is 360 g/mol. The Morgan fingerprint density at radius 1 is 1.22 bits per heavy atom. The Kier molecular flexibility index (Phi) is 15.4. The number of carbonyl (C=O) groups is 1. The molecule has 0 fully saturated rings. The second-order valence-corrected chi connectivity index (χ2v) is 3.03. The summed E-state index contributed by atoms with van der Waals surface area (Å²) in [5, 5.41) is 33.8. The van der Waals surface area contributed by atoms with Gasteiger partial charge in [-0.2, -0.15) is 12.3 Å². The first-order valence-electron chi connectivity index (χ1n) is 4.55. The van der Waals surface area contributed by atoms with Gasteiger partial charge in [-0.15, -0.1) is 6.54 Å². The molecule has 0 atom stereocenters. The molecule has 0 aliphatic carbocycles. The maximum atomic E-state index is 11.0. The molecule has 101 valence electrons. The fraction of sp³-hybridized carbons (Fsp3) is 0.625. The van der Waals surface area contributed by atoms with Gasteiger partial charge in [0.15, 0.2) is 0 Å². The Labute approximate surface area is 120 Å². The van der Waals surface area contributed by atoms with Gasteiger partial charge in [0.2, 0.25) is 0 Å². The zero-order valence-electron chi connectivity index (χ0n) is 9.24. The van der Waals surface area contributed by atoms with Crippen LogP contribution in [-0.2, 0) is 39.8 Å². The quantitative estimate of drug-likeness (QED) is 0.218. The van der Waals surface area contributed by atoms with Crippen molar-refractivity contribution < 1.29 is 42.5 Å². The number of hydrogen-bond donors (Lipinski definition) is 1. The molecule has 0 radical (unpaired) electrons. The number of carboxylic acids is 1. The van der Waals surface area contributed by atoms with Crippen LogP contribution >= 0.6 is 0 Å². The van der Waals surface area contributed by atoms with Crippen molar-refractivity contribution in [1.29, 1.82) is 0 Å². The average molecular weight is 360 g/mol. The van der Waals surface area contributed by atoms with Crippen molar-refractivity contribution >= 4 is 30.4 Å². The van der Waals surface area contributed by atoms with Crippen LogP contribution in [0.5, 0.6) is 0 Å². The predicted octanol–water partition coefficient (Wildman–Crippen LogP) is -2.61. The van der Waals surface area contributed by atoms with E-state index in [2.05, 4.69) is 27.9 Å². The van der Waals surface area contributed by atoms with Crippen LogP contribution in [0.15, 0.2) is 9.98 Å². The molecule has 0 rings (SSSR count). The summed E-state index contributed by atoms with van der Waals surface area (Å²) in [7, 11) is 0. The van der Waals surface area contributed by atoms with Crippen molar-refractivity contribution in [3.63, 3.8) is 0 Å². The van der Waals surface area contributed by atoms with Gasteiger partial charge in [-0.05, 0) is 5.90 Å². The van der Waals surface area contributed by atoms with Crippen LogP contribution in [0.3, 0.4) is 0 Å². The van der Waals surface area contributed by atoms with Gasteiger partial charge in [-0.25, -0.2) is 0 Å². The van der Waals surface area contributed by atoms with Gasteiger partial charge in [-0.3, -0.25) is 9.79 Å². The van der Waals surface area contributed by atoms with Crippen LogP contribution in [0.4, 0.5) is 0 Å². The van der Waals surface area contributed by atoms with E-state index in [1.807, 2.05) is 0 Å². The Bertz CT molecular complexity index is 300.